The summed E-state index contributed by atoms with van der Waals surface area (Å²) in [5.41, 5.74) is 7.38. The minimum Gasteiger partial charge on any atom is -0.286 e. The molecule has 0 fully saturated rings. The second-order valence-electron chi connectivity index (χ2n) is 4.38. The highest BCUT2D eigenvalue weighted by molar-refractivity contribution is 7.22. The van der Waals surface area contributed by atoms with Crippen LogP contribution in [0.15, 0.2) is 29.3 Å². The number of fused-ring (bicyclic) bond motifs is 1. The molecule has 0 spiro atoms. The van der Waals surface area contributed by atoms with Crippen LogP contribution in [0, 0.1) is 0 Å². The molecule has 0 amide bonds. The van der Waals surface area contributed by atoms with E-state index in [4.69, 9.17) is 0 Å². The van der Waals surface area contributed by atoms with E-state index in [0.717, 1.165) is 29.4 Å². The zero-order valence-corrected chi connectivity index (χ0v) is 11.0. The molecule has 1 aromatic carbocycles. The van der Waals surface area contributed by atoms with E-state index in [1.165, 1.54) is 24.0 Å². The topological polar surface area (TPSA) is 49.3 Å². The van der Waals surface area contributed by atoms with Crippen LogP contribution in [0.5, 0.6) is 0 Å². The predicted molar refractivity (Wildman–Crippen MR) is 77.1 cm³/mol. The molecule has 2 heterocycles. The summed E-state index contributed by atoms with van der Waals surface area (Å²) in [6.45, 7) is 0.934. The van der Waals surface area contributed by atoms with E-state index in [1.807, 2.05) is 18.2 Å². The van der Waals surface area contributed by atoms with Gasteiger partial charge in [-0.3, -0.25) is 15.8 Å². The molecule has 0 unspecified atom stereocenters. The number of hydrazine groups is 1. The number of nitrogens with zero attached hydrogens (tertiary/aromatic N) is 2. The van der Waals surface area contributed by atoms with Crippen molar-refractivity contribution in [2.45, 2.75) is 25.7 Å². The van der Waals surface area contributed by atoms with Gasteiger partial charge in [0.1, 0.15) is 5.84 Å². The zero-order valence-electron chi connectivity index (χ0n) is 10.1. The molecular formula is C13H16N4S. The zero-order chi connectivity index (χ0) is 12.2. The Morgan fingerprint density at radius 3 is 2.94 bits per heavy atom. The molecule has 5 heteroatoms. The lowest BCUT2D eigenvalue weighted by Gasteiger charge is -2.07. The quantitative estimate of drug-likeness (QED) is 0.815. The lowest BCUT2D eigenvalue weighted by Crippen LogP contribution is -2.29. The third-order valence-corrected chi connectivity index (χ3v) is 3.93. The second-order valence-corrected chi connectivity index (χ2v) is 5.41. The summed E-state index contributed by atoms with van der Waals surface area (Å²) in [7, 11) is 0. The Hall–Kier alpha value is -1.62. The lowest BCUT2D eigenvalue weighted by atomic mass is 10.2. The molecule has 1 aromatic heterocycles. The predicted octanol–water partition coefficient (Wildman–Crippen LogP) is 3.19. The van der Waals surface area contributed by atoms with Gasteiger partial charge in [-0.25, -0.2) is 4.98 Å². The average Bonchev–Trinajstić information content (AvgIpc) is 2.63. The third kappa shape index (κ3) is 2.61. The van der Waals surface area contributed by atoms with E-state index in [-0.39, 0.29) is 0 Å². The number of aliphatic imine (C=N–C) groups is 1. The fraction of sp³-hybridized carbons (Fsp3) is 0.385. The van der Waals surface area contributed by atoms with E-state index < -0.39 is 0 Å². The summed E-state index contributed by atoms with van der Waals surface area (Å²) in [5.74, 6) is 1.05. The smallest absolute Gasteiger partial charge is 0.202 e. The largest absolute Gasteiger partial charge is 0.286 e. The molecule has 94 valence electrons. The van der Waals surface area contributed by atoms with Gasteiger partial charge >= 0.3 is 0 Å². The number of aromatic nitrogens is 1. The van der Waals surface area contributed by atoms with E-state index in [9.17, 15) is 0 Å². The van der Waals surface area contributed by atoms with E-state index in [2.05, 4.69) is 26.9 Å². The first-order valence-electron chi connectivity index (χ1n) is 6.33. The van der Waals surface area contributed by atoms with Crippen LogP contribution in [0.1, 0.15) is 25.7 Å². The average molecular weight is 260 g/mol. The van der Waals surface area contributed by atoms with Gasteiger partial charge in [-0.15, -0.1) is 0 Å². The Balaban J connectivity index is 1.67. The van der Waals surface area contributed by atoms with E-state index in [1.54, 1.807) is 11.3 Å². The highest BCUT2D eigenvalue weighted by Gasteiger charge is 2.05. The molecule has 4 nitrogen and oxygen atoms in total. The highest BCUT2D eigenvalue weighted by Crippen LogP contribution is 2.24. The normalized spacial score (nSPS) is 16.1. The summed E-state index contributed by atoms with van der Waals surface area (Å²) < 4.78 is 1.20. The van der Waals surface area contributed by atoms with Crippen molar-refractivity contribution in [1.29, 1.82) is 0 Å². The number of benzene rings is 1. The molecule has 1 aliphatic rings. The highest BCUT2D eigenvalue weighted by atomic mass is 32.1. The minimum atomic E-state index is 0.892. The van der Waals surface area contributed by atoms with Crippen molar-refractivity contribution in [2.24, 2.45) is 4.99 Å². The Morgan fingerprint density at radius 1 is 1.06 bits per heavy atom. The summed E-state index contributed by atoms with van der Waals surface area (Å²) >= 11 is 1.65. The Bertz CT molecular complexity index is 528. The molecule has 3 rings (SSSR count). The van der Waals surface area contributed by atoms with Gasteiger partial charge in [0.2, 0.25) is 5.13 Å². The summed E-state index contributed by atoms with van der Waals surface area (Å²) in [5, 5.41) is 0.892. The summed E-state index contributed by atoms with van der Waals surface area (Å²) in [6.07, 6.45) is 4.72. The van der Waals surface area contributed by atoms with Crippen LogP contribution < -0.4 is 10.9 Å². The van der Waals surface area contributed by atoms with Gasteiger partial charge in [0, 0.05) is 13.0 Å². The molecular weight excluding hydrogens is 244 g/mol. The molecule has 0 saturated carbocycles. The van der Waals surface area contributed by atoms with Crippen molar-refractivity contribution in [1.82, 2.24) is 10.4 Å². The van der Waals surface area contributed by atoms with Crippen LogP contribution in [0.2, 0.25) is 0 Å². The van der Waals surface area contributed by atoms with E-state index in [0.29, 0.717) is 0 Å². The Morgan fingerprint density at radius 2 is 2.00 bits per heavy atom. The van der Waals surface area contributed by atoms with Gasteiger partial charge in [-0.2, -0.15) is 0 Å². The van der Waals surface area contributed by atoms with Gasteiger partial charge in [0.25, 0.3) is 0 Å². The molecule has 18 heavy (non-hydrogen) atoms. The van der Waals surface area contributed by atoms with Crippen LogP contribution in [-0.4, -0.2) is 17.4 Å². The number of hydrogen-bond acceptors (Lipinski definition) is 5. The number of amidine groups is 1. The number of hydrogen-bond donors (Lipinski definition) is 2. The molecule has 0 saturated heterocycles. The number of thiazole rings is 1. The van der Waals surface area contributed by atoms with Crippen molar-refractivity contribution >= 4 is 32.5 Å². The Labute approximate surface area is 110 Å². The molecule has 2 N–H and O–H groups in total. The lowest BCUT2D eigenvalue weighted by molar-refractivity contribution is 0.729. The third-order valence-electron chi connectivity index (χ3n) is 2.98. The van der Waals surface area contributed by atoms with Gasteiger partial charge in [-0.05, 0) is 25.0 Å². The molecule has 0 atom stereocenters. The molecule has 2 aromatic rings. The number of rotatable bonds is 2. The number of nitrogens with one attached hydrogen (secondary N) is 2. The van der Waals surface area contributed by atoms with Gasteiger partial charge < -0.3 is 0 Å². The standard InChI is InChI=1S/C13H16N4S/c1-2-8-12(14-9-5-1)16-17-13-15-10-6-3-4-7-11(10)18-13/h3-4,6-7H,1-2,5,8-9H2,(H,14,16)(H,15,17). The van der Waals surface area contributed by atoms with E-state index >= 15 is 0 Å². The number of para-hydroxylation sites is 1. The first-order valence-corrected chi connectivity index (χ1v) is 7.14. The molecule has 0 aliphatic carbocycles. The number of anilines is 1. The fourth-order valence-corrected chi connectivity index (χ4v) is 2.85. The van der Waals surface area contributed by atoms with Crippen LogP contribution in [-0.2, 0) is 0 Å². The minimum absolute atomic E-state index is 0.892. The van der Waals surface area contributed by atoms with Crippen molar-refractivity contribution in [3.05, 3.63) is 24.3 Å². The van der Waals surface area contributed by atoms with Crippen LogP contribution in [0.4, 0.5) is 5.13 Å². The van der Waals surface area contributed by atoms with Crippen molar-refractivity contribution < 1.29 is 0 Å². The van der Waals surface area contributed by atoms with Crippen molar-refractivity contribution in [2.75, 3.05) is 12.0 Å². The Kier molecular flexibility index (Phi) is 3.41. The van der Waals surface area contributed by atoms with Gasteiger partial charge in [0.05, 0.1) is 10.2 Å². The summed E-state index contributed by atoms with van der Waals surface area (Å²) in [4.78, 5) is 9.02. The summed E-state index contributed by atoms with van der Waals surface area (Å²) in [6, 6.07) is 8.16. The first-order chi connectivity index (χ1) is 8.92. The SMILES string of the molecule is c1ccc2sc(NNC3=NCCCCC3)nc2c1. The molecule has 1 aliphatic heterocycles. The molecule has 0 bridgehead atoms. The van der Waals surface area contributed by atoms with Crippen LogP contribution in [0.25, 0.3) is 10.2 Å². The van der Waals surface area contributed by atoms with Crippen molar-refractivity contribution in [3.8, 4) is 0 Å². The van der Waals surface area contributed by atoms with Gasteiger partial charge in [-0.1, -0.05) is 29.9 Å². The second kappa shape index (κ2) is 5.35. The monoisotopic (exact) mass is 260 g/mol. The van der Waals surface area contributed by atoms with Gasteiger partial charge in [0.15, 0.2) is 0 Å². The maximum Gasteiger partial charge on any atom is 0.202 e. The maximum atomic E-state index is 4.51. The van der Waals surface area contributed by atoms with Crippen LogP contribution >= 0.6 is 11.3 Å². The maximum absolute atomic E-state index is 4.51. The fourth-order valence-electron chi connectivity index (χ4n) is 2.03. The van der Waals surface area contributed by atoms with Crippen LogP contribution in [0.3, 0.4) is 0 Å². The molecule has 0 radical (unpaired) electrons. The first kappa shape index (κ1) is 11.5. The van der Waals surface area contributed by atoms with Crippen molar-refractivity contribution in [3.63, 3.8) is 0 Å².